The summed E-state index contributed by atoms with van der Waals surface area (Å²) in [6, 6.07) is -4.61. The van der Waals surface area contributed by atoms with Gasteiger partial charge in [0.1, 0.15) is 18.1 Å². The van der Waals surface area contributed by atoms with Crippen molar-refractivity contribution < 1.29 is 34.2 Å². The first kappa shape index (κ1) is 31.9. The number of amides is 3. The highest BCUT2D eigenvalue weighted by Gasteiger charge is 2.31. The van der Waals surface area contributed by atoms with Crippen molar-refractivity contribution >= 4 is 41.4 Å². The molecule has 14 nitrogen and oxygen atoms in total. The normalized spacial score (nSPS) is 14.1. The van der Waals surface area contributed by atoms with E-state index in [9.17, 15) is 29.1 Å². The van der Waals surface area contributed by atoms with E-state index >= 15 is 0 Å². The minimum atomic E-state index is -1.35. The first-order chi connectivity index (χ1) is 17.6. The molecule has 0 saturated heterocycles. The molecular formula is C22H37N7O7S. The third kappa shape index (κ3) is 12.6. The van der Waals surface area contributed by atoms with Crippen LogP contribution in [-0.2, 0) is 30.4 Å². The third-order valence-corrected chi connectivity index (χ3v) is 6.07. The lowest BCUT2D eigenvalue weighted by atomic mass is 10.1. The lowest BCUT2D eigenvalue weighted by molar-refractivity contribution is -0.143. The maximum Gasteiger partial charge on any atom is 0.326 e. The van der Waals surface area contributed by atoms with Crippen molar-refractivity contribution in [2.75, 3.05) is 18.6 Å². The lowest BCUT2D eigenvalue weighted by Gasteiger charge is -2.25. The van der Waals surface area contributed by atoms with Gasteiger partial charge in [-0.25, -0.2) is 9.78 Å². The zero-order chi connectivity index (χ0) is 27.8. The van der Waals surface area contributed by atoms with E-state index in [2.05, 4.69) is 25.9 Å². The van der Waals surface area contributed by atoms with Crippen LogP contribution < -0.4 is 27.4 Å². The molecular weight excluding hydrogens is 506 g/mol. The number of aliphatic carboxylic acids is 2. The average Bonchev–Trinajstić information content (AvgIpc) is 3.36. The van der Waals surface area contributed by atoms with Crippen molar-refractivity contribution in [3.63, 3.8) is 0 Å². The topological polar surface area (TPSA) is 243 Å². The van der Waals surface area contributed by atoms with Gasteiger partial charge < -0.3 is 42.6 Å². The Morgan fingerprint density at radius 2 is 1.62 bits per heavy atom. The average molecular weight is 544 g/mol. The van der Waals surface area contributed by atoms with E-state index in [-0.39, 0.29) is 19.3 Å². The van der Waals surface area contributed by atoms with Gasteiger partial charge in [0.05, 0.1) is 12.4 Å². The van der Waals surface area contributed by atoms with Crippen LogP contribution in [0.4, 0.5) is 0 Å². The number of nitrogens with zero attached hydrogens (tertiary/aromatic N) is 1. The number of thioether (sulfide) groups is 1. The van der Waals surface area contributed by atoms with Crippen LogP contribution in [0, 0.1) is 0 Å². The molecule has 0 radical (unpaired) electrons. The van der Waals surface area contributed by atoms with Crippen LogP contribution in [-0.4, -0.2) is 92.6 Å². The molecule has 37 heavy (non-hydrogen) atoms. The van der Waals surface area contributed by atoms with Gasteiger partial charge in [0.15, 0.2) is 0 Å². The highest BCUT2D eigenvalue weighted by Crippen LogP contribution is 2.07. The number of nitrogens with two attached hydrogens (primary N) is 2. The molecule has 4 atom stereocenters. The molecule has 0 fully saturated rings. The Balaban J connectivity index is 3.02. The number of H-pyrrole nitrogens is 1. The summed E-state index contributed by atoms with van der Waals surface area (Å²) in [6.07, 6.45) is 5.71. The number of unbranched alkanes of at least 4 members (excludes halogenated alkanes) is 1. The number of carbonyl (C=O) groups excluding carboxylic acids is 3. The molecule has 0 aromatic carbocycles. The fourth-order valence-corrected chi connectivity index (χ4v) is 3.79. The second-order valence-corrected chi connectivity index (χ2v) is 9.39. The van der Waals surface area contributed by atoms with E-state index in [4.69, 9.17) is 16.6 Å². The van der Waals surface area contributed by atoms with E-state index in [1.165, 1.54) is 24.3 Å². The van der Waals surface area contributed by atoms with Crippen molar-refractivity contribution in [1.82, 2.24) is 25.9 Å². The van der Waals surface area contributed by atoms with Crippen LogP contribution in [0.1, 0.15) is 44.2 Å². The van der Waals surface area contributed by atoms with Crippen LogP contribution in [0.2, 0.25) is 0 Å². The number of hydrogen-bond acceptors (Lipinski definition) is 9. The molecule has 0 spiro atoms. The Bertz CT molecular complexity index is 885. The number of carboxylic acid groups (broad SMARTS) is 2. The molecule has 1 rings (SSSR count). The van der Waals surface area contributed by atoms with E-state index in [1.807, 2.05) is 0 Å². The van der Waals surface area contributed by atoms with Gasteiger partial charge in [-0.2, -0.15) is 11.8 Å². The van der Waals surface area contributed by atoms with Crippen molar-refractivity contribution in [2.24, 2.45) is 11.5 Å². The summed E-state index contributed by atoms with van der Waals surface area (Å²) >= 11 is 1.40. The number of hydrogen-bond donors (Lipinski definition) is 8. The van der Waals surface area contributed by atoms with Crippen LogP contribution >= 0.6 is 11.8 Å². The molecule has 15 heteroatoms. The number of imidazole rings is 1. The van der Waals surface area contributed by atoms with Gasteiger partial charge in [-0.3, -0.25) is 19.2 Å². The zero-order valence-electron chi connectivity index (χ0n) is 20.8. The second kappa shape index (κ2) is 17.3. The summed E-state index contributed by atoms with van der Waals surface area (Å²) in [5.74, 6) is -4.17. The Kier molecular flexibility index (Phi) is 14.9. The maximum absolute atomic E-state index is 13.2. The summed E-state index contributed by atoms with van der Waals surface area (Å²) in [6.45, 7) is 0.457. The minimum Gasteiger partial charge on any atom is -0.481 e. The van der Waals surface area contributed by atoms with E-state index in [0.29, 0.717) is 37.3 Å². The van der Waals surface area contributed by atoms with Crippen LogP contribution in [0.15, 0.2) is 12.5 Å². The first-order valence-electron chi connectivity index (χ1n) is 11.9. The summed E-state index contributed by atoms with van der Waals surface area (Å²) in [7, 11) is 0. The lowest BCUT2D eigenvalue weighted by Crippen LogP contribution is -2.57. The van der Waals surface area contributed by atoms with Crippen molar-refractivity contribution in [1.29, 1.82) is 0 Å². The van der Waals surface area contributed by atoms with E-state index < -0.39 is 60.2 Å². The zero-order valence-corrected chi connectivity index (χ0v) is 21.6. The Morgan fingerprint density at radius 1 is 0.973 bits per heavy atom. The van der Waals surface area contributed by atoms with Gasteiger partial charge in [-0.15, -0.1) is 0 Å². The van der Waals surface area contributed by atoms with Crippen LogP contribution in [0.3, 0.4) is 0 Å². The Morgan fingerprint density at radius 3 is 2.19 bits per heavy atom. The van der Waals surface area contributed by atoms with Crippen molar-refractivity contribution in [2.45, 2.75) is 69.1 Å². The summed E-state index contributed by atoms with van der Waals surface area (Å²) in [4.78, 5) is 68.1. The number of aromatic amines is 1. The van der Waals surface area contributed by atoms with Crippen LogP contribution in [0.25, 0.3) is 0 Å². The fourth-order valence-electron chi connectivity index (χ4n) is 3.32. The largest absolute Gasteiger partial charge is 0.481 e. The predicted octanol–water partition coefficient (Wildman–Crippen LogP) is -1.43. The number of rotatable bonds is 19. The summed E-state index contributed by atoms with van der Waals surface area (Å²) < 4.78 is 0. The monoisotopic (exact) mass is 543 g/mol. The Labute approximate surface area is 219 Å². The number of aromatic nitrogens is 2. The molecule has 1 aromatic heterocycles. The van der Waals surface area contributed by atoms with E-state index in [0.717, 1.165) is 0 Å². The molecule has 10 N–H and O–H groups in total. The molecule has 0 aliphatic heterocycles. The highest BCUT2D eigenvalue weighted by molar-refractivity contribution is 7.98. The van der Waals surface area contributed by atoms with Gasteiger partial charge in [0, 0.05) is 24.7 Å². The van der Waals surface area contributed by atoms with Gasteiger partial charge >= 0.3 is 11.9 Å². The molecule has 208 valence electrons. The predicted molar refractivity (Wildman–Crippen MR) is 136 cm³/mol. The molecule has 1 aromatic rings. The third-order valence-electron chi connectivity index (χ3n) is 5.42. The smallest absolute Gasteiger partial charge is 0.326 e. The number of nitrogens with one attached hydrogen (secondary N) is 4. The molecule has 0 saturated carbocycles. The summed E-state index contributed by atoms with van der Waals surface area (Å²) in [5, 5.41) is 25.9. The minimum absolute atomic E-state index is 0.00810. The van der Waals surface area contributed by atoms with Gasteiger partial charge in [-0.05, 0) is 44.2 Å². The second-order valence-electron chi connectivity index (χ2n) is 8.41. The maximum atomic E-state index is 13.2. The number of carboxylic acids is 2. The molecule has 1 heterocycles. The van der Waals surface area contributed by atoms with Crippen molar-refractivity contribution in [3.05, 3.63) is 18.2 Å². The van der Waals surface area contributed by atoms with Gasteiger partial charge in [0.2, 0.25) is 17.7 Å². The van der Waals surface area contributed by atoms with Crippen LogP contribution in [0.5, 0.6) is 0 Å². The first-order valence-corrected chi connectivity index (χ1v) is 13.3. The molecule has 3 amide bonds. The standard InChI is InChI=1S/C22H37N7O7S/c1-37-9-7-16(22(35)36)28-20(33)15(5-6-18(30)31)27-21(34)17(10-13-11-25-12-26-13)29-19(32)14(24)4-2-3-8-23/h11-12,14-17H,2-10,23-24H2,1H3,(H,25,26)(H,27,34)(H,28,33)(H,29,32)(H,30,31)(H,35,36). The molecule has 0 aliphatic carbocycles. The quantitative estimate of drug-likeness (QED) is 0.0939. The summed E-state index contributed by atoms with van der Waals surface area (Å²) in [5.41, 5.74) is 11.9. The molecule has 0 bridgehead atoms. The molecule has 4 unspecified atom stereocenters. The Hall–Kier alpha value is -3.17. The fraction of sp³-hybridized carbons (Fsp3) is 0.636. The van der Waals surface area contributed by atoms with Crippen molar-refractivity contribution in [3.8, 4) is 0 Å². The highest BCUT2D eigenvalue weighted by atomic mass is 32.2. The van der Waals surface area contributed by atoms with Gasteiger partial charge in [0.25, 0.3) is 0 Å². The molecule has 0 aliphatic rings. The van der Waals surface area contributed by atoms with E-state index in [1.54, 1.807) is 6.26 Å². The van der Waals surface area contributed by atoms with Gasteiger partial charge in [-0.1, -0.05) is 6.42 Å². The number of carbonyl (C=O) groups is 5. The SMILES string of the molecule is CSCCC(NC(=O)C(CCC(=O)O)NC(=O)C(Cc1cnc[nH]1)NC(=O)C(N)CCCCN)C(=O)O.